The highest BCUT2D eigenvalue weighted by Gasteiger charge is 2.34. The van der Waals surface area contributed by atoms with Crippen molar-refractivity contribution in [3.8, 4) is 0 Å². The standard InChI is InChI=1S/C21H38O12/c1-8-21(9-28-15(5)31-18(25)12(2)22,10-29-16(6)32-19(26)13(3)23)11-30-17(7)33-20(27)14(4)24/h12-17,22-24H,8-11H2,1-7H3. The Hall–Kier alpha value is -1.83. The van der Waals surface area contributed by atoms with Crippen LogP contribution in [0.25, 0.3) is 0 Å². The first-order chi connectivity index (χ1) is 15.2. The van der Waals surface area contributed by atoms with E-state index in [0.29, 0.717) is 6.42 Å². The molecule has 3 N–H and O–H groups in total. The van der Waals surface area contributed by atoms with Crippen molar-refractivity contribution in [3.05, 3.63) is 0 Å². The summed E-state index contributed by atoms with van der Waals surface area (Å²) in [5.41, 5.74) is -0.859. The highest BCUT2D eigenvalue weighted by molar-refractivity contribution is 5.74. The molecular formula is C21H38O12. The Morgan fingerprint density at radius 2 is 0.848 bits per heavy atom. The number of esters is 3. The van der Waals surface area contributed by atoms with Crippen LogP contribution in [-0.4, -0.2) is 90.2 Å². The molecule has 6 atom stereocenters. The van der Waals surface area contributed by atoms with Crippen LogP contribution in [0.15, 0.2) is 0 Å². The Labute approximate surface area is 194 Å². The average Bonchev–Trinajstić information content (AvgIpc) is 2.73. The molecule has 0 rings (SSSR count). The summed E-state index contributed by atoms with van der Waals surface area (Å²) in [7, 11) is 0. The van der Waals surface area contributed by atoms with E-state index in [2.05, 4.69) is 0 Å². The van der Waals surface area contributed by atoms with Gasteiger partial charge < -0.3 is 43.7 Å². The number of aliphatic hydroxyl groups is 3. The normalized spacial score (nSPS) is 18.7. The van der Waals surface area contributed by atoms with Crippen LogP contribution in [0, 0.1) is 5.41 Å². The van der Waals surface area contributed by atoms with Crippen molar-refractivity contribution in [3.63, 3.8) is 0 Å². The number of carbonyl (C=O) groups excluding carboxylic acids is 3. The number of rotatable bonds is 16. The van der Waals surface area contributed by atoms with Gasteiger partial charge in [-0.3, -0.25) is 0 Å². The van der Waals surface area contributed by atoms with Gasteiger partial charge in [0.1, 0.15) is 18.3 Å². The van der Waals surface area contributed by atoms with E-state index >= 15 is 0 Å². The summed E-state index contributed by atoms with van der Waals surface area (Å²) in [6, 6.07) is 0. The second-order valence-electron chi connectivity index (χ2n) is 7.83. The third kappa shape index (κ3) is 12.8. The number of carbonyl (C=O) groups is 3. The molecule has 0 aliphatic rings. The average molecular weight is 483 g/mol. The van der Waals surface area contributed by atoms with Crippen LogP contribution < -0.4 is 0 Å². The molecule has 0 saturated heterocycles. The predicted octanol–water partition coefficient (Wildman–Crippen LogP) is 0.243. The summed E-state index contributed by atoms with van der Waals surface area (Å²) in [4.78, 5) is 34.7. The first-order valence-electron chi connectivity index (χ1n) is 10.7. The Bertz CT molecular complexity index is 525. The van der Waals surface area contributed by atoms with E-state index in [4.69, 9.17) is 28.4 Å². The van der Waals surface area contributed by atoms with Gasteiger partial charge in [-0.1, -0.05) is 6.92 Å². The van der Waals surface area contributed by atoms with Crippen molar-refractivity contribution < 1.29 is 58.1 Å². The Balaban J connectivity index is 5.20. The molecule has 0 saturated carbocycles. The van der Waals surface area contributed by atoms with Crippen LogP contribution in [0.5, 0.6) is 0 Å². The molecule has 6 unspecified atom stereocenters. The lowest BCUT2D eigenvalue weighted by Gasteiger charge is -2.34. The zero-order valence-electron chi connectivity index (χ0n) is 20.3. The first-order valence-corrected chi connectivity index (χ1v) is 10.7. The zero-order valence-corrected chi connectivity index (χ0v) is 20.3. The maximum atomic E-state index is 11.6. The van der Waals surface area contributed by atoms with Crippen LogP contribution >= 0.6 is 0 Å². The zero-order chi connectivity index (χ0) is 25.8. The van der Waals surface area contributed by atoms with Gasteiger partial charge in [0.05, 0.1) is 19.8 Å². The van der Waals surface area contributed by atoms with Gasteiger partial charge in [0.25, 0.3) is 0 Å². The summed E-state index contributed by atoms with van der Waals surface area (Å²) < 4.78 is 31.8. The van der Waals surface area contributed by atoms with E-state index in [1.165, 1.54) is 41.5 Å². The number of hydrogen-bond donors (Lipinski definition) is 3. The van der Waals surface area contributed by atoms with E-state index in [1.54, 1.807) is 0 Å². The molecule has 0 amide bonds. The molecule has 194 valence electrons. The van der Waals surface area contributed by atoms with Crippen LogP contribution in [0.2, 0.25) is 0 Å². The molecule has 0 radical (unpaired) electrons. The molecule has 0 fully saturated rings. The lowest BCUT2D eigenvalue weighted by molar-refractivity contribution is -0.218. The molecule has 0 aromatic heterocycles. The maximum Gasteiger partial charge on any atom is 0.336 e. The molecule has 0 aliphatic carbocycles. The van der Waals surface area contributed by atoms with Crippen LogP contribution in [0.1, 0.15) is 54.9 Å². The van der Waals surface area contributed by atoms with E-state index in [9.17, 15) is 29.7 Å². The molecule has 0 heterocycles. The molecule has 0 aromatic carbocycles. The fourth-order valence-corrected chi connectivity index (χ4v) is 2.20. The lowest BCUT2D eigenvalue weighted by Crippen LogP contribution is -2.41. The van der Waals surface area contributed by atoms with Gasteiger partial charge in [-0.2, -0.15) is 0 Å². The number of aliphatic hydroxyl groups excluding tert-OH is 3. The summed E-state index contributed by atoms with van der Waals surface area (Å²) in [6.45, 7) is 9.93. The SMILES string of the molecule is CCC(COC(C)OC(=O)C(C)O)(COC(C)OC(=O)C(C)O)COC(C)OC(=O)C(C)O. The van der Waals surface area contributed by atoms with Gasteiger partial charge in [-0.15, -0.1) is 0 Å². The smallest absolute Gasteiger partial charge is 0.336 e. The second kappa shape index (κ2) is 15.1. The van der Waals surface area contributed by atoms with Crippen molar-refractivity contribution in [2.45, 2.75) is 92.1 Å². The molecule has 33 heavy (non-hydrogen) atoms. The molecule has 0 aliphatic heterocycles. The highest BCUT2D eigenvalue weighted by Crippen LogP contribution is 2.26. The largest absolute Gasteiger partial charge is 0.434 e. The first kappa shape index (κ1) is 31.2. The van der Waals surface area contributed by atoms with Gasteiger partial charge in [0.2, 0.25) is 0 Å². The Morgan fingerprint density at radius 3 is 1.03 bits per heavy atom. The van der Waals surface area contributed by atoms with Crippen LogP contribution in [0.3, 0.4) is 0 Å². The van der Waals surface area contributed by atoms with Gasteiger partial charge in [0, 0.05) is 5.41 Å². The third-order valence-corrected chi connectivity index (χ3v) is 4.49. The maximum absolute atomic E-state index is 11.6. The van der Waals surface area contributed by atoms with Gasteiger partial charge in [0.15, 0.2) is 18.9 Å². The quantitative estimate of drug-likeness (QED) is 0.156. The van der Waals surface area contributed by atoms with Crippen molar-refractivity contribution >= 4 is 17.9 Å². The molecule has 0 bridgehead atoms. The highest BCUT2D eigenvalue weighted by atomic mass is 16.7. The molecular weight excluding hydrogens is 444 g/mol. The molecule has 0 aromatic rings. The van der Waals surface area contributed by atoms with Crippen LogP contribution in [0.4, 0.5) is 0 Å². The minimum Gasteiger partial charge on any atom is -0.434 e. The van der Waals surface area contributed by atoms with Gasteiger partial charge in [-0.05, 0) is 48.0 Å². The lowest BCUT2D eigenvalue weighted by atomic mass is 9.88. The number of ether oxygens (including phenoxy) is 6. The second-order valence-corrected chi connectivity index (χ2v) is 7.83. The van der Waals surface area contributed by atoms with E-state index in [0.717, 1.165) is 0 Å². The minimum absolute atomic E-state index is 0.0358. The fourth-order valence-electron chi connectivity index (χ4n) is 2.20. The molecule has 0 spiro atoms. The summed E-state index contributed by atoms with van der Waals surface area (Å²) >= 11 is 0. The van der Waals surface area contributed by atoms with E-state index < -0.39 is 60.5 Å². The van der Waals surface area contributed by atoms with Gasteiger partial charge >= 0.3 is 17.9 Å². The fraction of sp³-hybridized carbons (Fsp3) is 0.857. The topological polar surface area (TPSA) is 167 Å². The Morgan fingerprint density at radius 1 is 0.606 bits per heavy atom. The summed E-state index contributed by atoms with van der Waals surface area (Å²) in [5.74, 6) is -2.56. The third-order valence-electron chi connectivity index (χ3n) is 4.49. The van der Waals surface area contributed by atoms with E-state index in [-0.39, 0.29) is 19.8 Å². The van der Waals surface area contributed by atoms with Crippen molar-refractivity contribution in [1.29, 1.82) is 0 Å². The minimum atomic E-state index is -1.31. The molecule has 12 heteroatoms. The predicted molar refractivity (Wildman–Crippen MR) is 112 cm³/mol. The van der Waals surface area contributed by atoms with Gasteiger partial charge in [-0.25, -0.2) is 14.4 Å². The van der Waals surface area contributed by atoms with Crippen LogP contribution in [-0.2, 0) is 42.8 Å². The van der Waals surface area contributed by atoms with Crippen molar-refractivity contribution in [2.75, 3.05) is 19.8 Å². The Kier molecular flexibility index (Phi) is 14.3. The molecule has 12 nitrogen and oxygen atoms in total. The van der Waals surface area contributed by atoms with Crippen molar-refractivity contribution in [2.24, 2.45) is 5.41 Å². The summed E-state index contributed by atoms with van der Waals surface area (Å²) in [6.07, 6.45) is -6.48. The monoisotopic (exact) mass is 482 g/mol. The number of hydrogen-bond acceptors (Lipinski definition) is 12. The van der Waals surface area contributed by atoms with E-state index in [1.807, 2.05) is 6.92 Å². The van der Waals surface area contributed by atoms with Crippen molar-refractivity contribution in [1.82, 2.24) is 0 Å². The summed E-state index contributed by atoms with van der Waals surface area (Å²) in [5, 5.41) is 27.8.